The summed E-state index contributed by atoms with van der Waals surface area (Å²) in [4.78, 5) is 27.7. The van der Waals surface area contributed by atoms with E-state index < -0.39 is 19.8 Å². The van der Waals surface area contributed by atoms with E-state index in [4.69, 9.17) is 15.1 Å². The Kier molecular flexibility index (Phi) is 10.7. The Balaban J connectivity index is 0. The highest BCUT2D eigenvalue weighted by Gasteiger charge is 2.17. The first-order valence-corrected chi connectivity index (χ1v) is 6.00. The second-order valence-corrected chi connectivity index (χ2v) is 3.77. The predicted octanol–water partition coefficient (Wildman–Crippen LogP) is 0.872. The van der Waals surface area contributed by atoms with Crippen molar-refractivity contribution >= 4 is 19.8 Å². The normalized spacial score (nSPS) is 10.8. The van der Waals surface area contributed by atoms with Crippen LogP contribution in [0, 0.1) is 0 Å². The lowest BCUT2D eigenvalue weighted by Gasteiger charge is -2.07. The highest BCUT2D eigenvalue weighted by molar-refractivity contribution is 7.47. The Morgan fingerprint density at radius 2 is 1.35 bits per heavy atom. The van der Waals surface area contributed by atoms with Crippen LogP contribution >= 0.6 is 7.82 Å². The van der Waals surface area contributed by atoms with Gasteiger partial charge in [0.15, 0.2) is 0 Å². The summed E-state index contributed by atoms with van der Waals surface area (Å²) in [6, 6.07) is 0. The molecule has 9 heteroatoms. The van der Waals surface area contributed by atoms with Gasteiger partial charge in [0.05, 0.1) is 13.2 Å². The number of carboxylic acids is 2. The molecule has 0 aromatic carbocycles. The first-order chi connectivity index (χ1) is 7.75. The van der Waals surface area contributed by atoms with E-state index in [-0.39, 0.29) is 13.2 Å². The van der Waals surface area contributed by atoms with E-state index >= 15 is 0 Å². The van der Waals surface area contributed by atoms with Crippen LogP contribution in [0.2, 0.25) is 0 Å². The molecule has 0 aromatic rings. The van der Waals surface area contributed by atoms with Crippen molar-refractivity contribution in [3.05, 3.63) is 12.2 Å². The van der Waals surface area contributed by atoms with Gasteiger partial charge in [-0.05, 0) is 13.8 Å². The van der Waals surface area contributed by atoms with Crippen LogP contribution in [-0.4, -0.2) is 40.3 Å². The van der Waals surface area contributed by atoms with Gasteiger partial charge in [0.1, 0.15) is 0 Å². The molecule has 3 N–H and O–H groups in total. The maximum atomic E-state index is 10.5. The van der Waals surface area contributed by atoms with E-state index in [0.29, 0.717) is 12.2 Å². The quantitative estimate of drug-likeness (QED) is 0.478. The van der Waals surface area contributed by atoms with E-state index in [1.54, 1.807) is 13.8 Å². The van der Waals surface area contributed by atoms with E-state index in [1.165, 1.54) is 0 Å². The molecule has 0 fully saturated rings. The molecule has 0 aliphatic carbocycles. The number of phosphoric ester groups is 1. The van der Waals surface area contributed by atoms with Crippen LogP contribution in [0.5, 0.6) is 0 Å². The average molecular weight is 270 g/mol. The zero-order valence-corrected chi connectivity index (χ0v) is 10.3. The summed E-state index contributed by atoms with van der Waals surface area (Å²) in [7, 11) is -3.69. The molecule has 0 aliphatic heterocycles. The number of hydrogen-bond donors (Lipinski definition) is 3. The van der Waals surface area contributed by atoms with E-state index in [2.05, 4.69) is 9.05 Å². The van der Waals surface area contributed by atoms with Crippen molar-refractivity contribution in [2.45, 2.75) is 13.8 Å². The minimum absolute atomic E-state index is 0.188. The van der Waals surface area contributed by atoms with Crippen LogP contribution in [-0.2, 0) is 23.2 Å². The minimum atomic E-state index is -3.69. The highest BCUT2D eigenvalue weighted by atomic mass is 31.2. The molecule has 8 nitrogen and oxygen atoms in total. The molecular formula is C8H15O8P. The second-order valence-electron chi connectivity index (χ2n) is 2.31. The third kappa shape index (κ3) is 17.4. The van der Waals surface area contributed by atoms with Gasteiger partial charge in [-0.2, -0.15) is 0 Å². The van der Waals surface area contributed by atoms with Gasteiger partial charge in [0.25, 0.3) is 0 Å². The zero-order chi connectivity index (χ0) is 13.9. The lowest BCUT2D eigenvalue weighted by Crippen LogP contribution is -1.93. The van der Waals surface area contributed by atoms with E-state index in [1.807, 2.05) is 0 Å². The fourth-order valence-corrected chi connectivity index (χ4v) is 1.23. The molecule has 0 atom stereocenters. The monoisotopic (exact) mass is 270 g/mol. The smallest absolute Gasteiger partial charge is 0.472 e. The third-order valence-corrected chi connectivity index (χ3v) is 2.12. The van der Waals surface area contributed by atoms with Crippen molar-refractivity contribution in [2.75, 3.05) is 13.2 Å². The molecular weight excluding hydrogens is 255 g/mol. The molecule has 17 heavy (non-hydrogen) atoms. The number of hydrogen-bond acceptors (Lipinski definition) is 5. The maximum Gasteiger partial charge on any atom is 0.472 e. The average Bonchev–Trinajstić information content (AvgIpc) is 2.15. The van der Waals surface area contributed by atoms with Gasteiger partial charge in [-0.25, -0.2) is 14.2 Å². The van der Waals surface area contributed by atoms with Gasteiger partial charge >= 0.3 is 19.8 Å². The molecule has 100 valence electrons. The molecule has 0 radical (unpaired) electrons. The first-order valence-electron chi connectivity index (χ1n) is 4.51. The lowest BCUT2D eigenvalue weighted by atomic mass is 10.5. The summed E-state index contributed by atoms with van der Waals surface area (Å²) in [5, 5.41) is 15.6. The van der Waals surface area contributed by atoms with Crippen molar-refractivity contribution in [3.8, 4) is 0 Å². The van der Waals surface area contributed by atoms with Gasteiger partial charge < -0.3 is 15.1 Å². The van der Waals surface area contributed by atoms with E-state index in [0.717, 1.165) is 0 Å². The van der Waals surface area contributed by atoms with E-state index in [9.17, 15) is 14.2 Å². The molecule has 0 aromatic heterocycles. The molecule has 0 amide bonds. The Hall–Kier alpha value is -1.21. The number of carboxylic acid groups (broad SMARTS) is 2. The minimum Gasteiger partial charge on any atom is -0.478 e. The Morgan fingerprint density at radius 3 is 1.53 bits per heavy atom. The number of carbonyl (C=O) groups is 2. The van der Waals surface area contributed by atoms with Crippen molar-refractivity contribution in [1.82, 2.24) is 0 Å². The predicted molar refractivity (Wildman–Crippen MR) is 57.5 cm³/mol. The Morgan fingerprint density at radius 1 is 1.06 bits per heavy atom. The summed E-state index contributed by atoms with van der Waals surface area (Å²) < 4.78 is 19.2. The van der Waals surface area contributed by atoms with Gasteiger partial charge in [-0.1, -0.05) is 0 Å². The summed E-state index contributed by atoms with van der Waals surface area (Å²) in [5.74, 6) is -2.51. The molecule has 0 bridgehead atoms. The Labute approximate surface area is 98.1 Å². The first kappa shape index (κ1) is 18.2. The fraction of sp³-hybridized carbons (Fsp3) is 0.500. The summed E-state index contributed by atoms with van der Waals surface area (Å²) in [6.45, 7) is 3.63. The topological polar surface area (TPSA) is 130 Å². The summed E-state index contributed by atoms with van der Waals surface area (Å²) in [6.07, 6.45) is 1.12. The van der Waals surface area contributed by atoms with Gasteiger partial charge in [0.2, 0.25) is 0 Å². The summed E-state index contributed by atoms with van der Waals surface area (Å²) >= 11 is 0. The fourth-order valence-electron chi connectivity index (χ4n) is 0.506. The van der Waals surface area contributed by atoms with Crippen LogP contribution < -0.4 is 0 Å². The van der Waals surface area contributed by atoms with Crippen LogP contribution in [0.3, 0.4) is 0 Å². The molecule has 0 saturated heterocycles. The lowest BCUT2D eigenvalue weighted by molar-refractivity contribution is -0.134. The Bertz CT molecular complexity index is 285. The SMILES string of the molecule is CCOP(=O)(O)OCC.O=C(O)/C=C\C(=O)O. The van der Waals surface area contributed by atoms with Gasteiger partial charge in [-0.3, -0.25) is 9.05 Å². The van der Waals surface area contributed by atoms with Crippen LogP contribution in [0.1, 0.15) is 13.8 Å². The molecule has 0 aliphatic rings. The summed E-state index contributed by atoms with van der Waals surface area (Å²) in [5.41, 5.74) is 0. The van der Waals surface area contributed by atoms with Crippen molar-refractivity contribution < 1.29 is 38.3 Å². The van der Waals surface area contributed by atoms with Crippen LogP contribution in [0.4, 0.5) is 0 Å². The largest absolute Gasteiger partial charge is 0.478 e. The van der Waals surface area contributed by atoms with Gasteiger partial charge in [0, 0.05) is 12.2 Å². The van der Waals surface area contributed by atoms with Crippen molar-refractivity contribution in [3.63, 3.8) is 0 Å². The molecule has 0 heterocycles. The molecule has 0 rings (SSSR count). The molecule has 0 spiro atoms. The second kappa shape index (κ2) is 9.98. The standard InChI is InChI=1S/C4H11O4P.C4H4O4/c1-3-7-9(5,6)8-4-2;5-3(6)1-2-4(7)8/h3-4H2,1-2H3,(H,5,6);1-2H,(H,5,6)(H,7,8)/b;2-1-. The molecule has 0 unspecified atom stereocenters. The van der Waals surface area contributed by atoms with Crippen LogP contribution in [0.15, 0.2) is 12.2 Å². The van der Waals surface area contributed by atoms with Crippen molar-refractivity contribution in [2.24, 2.45) is 0 Å². The van der Waals surface area contributed by atoms with Crippen LogP contribution in [0.25, 0.3) is 0 Å². The highest BCUT2D eigenvalue weighted by Crippen LogP contribution is 2.42. The van der Waals surface area contributed by atoms with Gasteiger partial charge in [-0.15, -0.1) is 0 Å². The molecule has 0 saturated carbocycles. The number of aliphatic carboxylic acids is 2. The number of rotatable bonds is 6. The number of phosphoric acid groups is 1. The zero-order valence-electron chi connectivity index (χ0n) is 9.40. The maximum absolute atomic E-state index is 10.5. The third-order valence-electron chi connectivity index (χ3n) is 0.953. The van der Waals surface area contributed by atoms with Crippen molar-refractivity contribution in [1.29, 1.82) is 0 Å².